The van der Waals surface area contributed by atoms with E-state index in [1.165, 1.54) is 29.0 Å². The molecule has 1 N–H and O–H groups in total. The summed E-state index contributed by atoms with van der Waals surface area (Å²) >= 11 is 1.82. The molecule has 0 radical (unpaired) electrons. The summed E-state index contributed by atoms with van der Waals surface area (Å²) in [4.78, 5) is 8.37. The first-order valence-electron chi connectivity index (χ1n) is 7.67. The van der Waals surface area contributed by atoms with Crippen molar-refractivity contribution in [3.63, 3.8) is 0 Å². The normalized spacial score (nSPS) is 14.4. The maximum atomic E-state index is 4.73. The third-order valence-corrected chi connectivity index (χ3v) is 5.19. The number of benzene rings is 1. The van der Waals surface area contributed by atoms with Crippen molar-refractivity contribution in [1.29, 1.82) is 0 Å². The van der Waals surface area contributed by atoms with E-state index in [-0.39, 0.29) is 0 Å². The summed E-state index contributed by atoms with van der Waals surface area (Å²) in [7, 11) is 2.14. The van der Waals surface area contributed by atoms with Crippen molar-refractivity contribution in [3.8, 4) is 0 Å². The third kappa shape index (κ3) is 4.05. The lowest BCUT2D eigenvalue weighted by Gasteiger charge is -2.15. The van der Waals surface area contributed by atoms with E-state index in [4.69, 9.17) is 4.98 Å². The van der Waals surface area contributed by atoms with Crippen LogP contribution >= 0.6 is 11.3 Å². The molecular weight excluding hydrogens is 278 g/mol. The van der Waals surface area contributed by atoms with Gasteiger partial charge in [-0.25, -0.2) is 4.98 Å². The highest BCUT2D eigenvalue weighted by Gasteiger charge is 2.21. The van der Waals surface area contributed by atoms with Crippen LogP contribution in [0, 0.1) is 6.92 Å². The Balaban J connectivity index is 1.56. The summed E-state index contributed by atoms with van der Waals surface area (Å²) in [5.41, 5.74) is 2.56. The van der Waals surface area contributed by atoms with E-state index >= 15 is 0 Å². The Hall–Kier alpha value is -1.39. The van der Waals surface area contributed by atoms with Gasteiger partial charge in [0.25, 0.3) is 0 Å². The van der Waals surface area contributed by atoms with E-state index in [0.29, 0.717) is 0 Å². The lowest BCUT2D eigenvalue weighted by atomic mass is 10.1. The van der Waals surface area contributed by atoms with Gasteiger partial charge in [0.1, 0.15) is 0 Å². The van der Waals surface area contributed by atoms with Gasteiger partial charge in [0.05, 0.1) is 5.69 Å². The lowest BCUT2D eigenvalue weighted by molar-refractivity contribution is 0.691. The van der Waals surface area contributed by atoms with Gasteiger partial charge in [-0.05, 0) is 31.7 Å². The maximum absolute atomic E-state index is 4.73. The smallest absolute Gasteiger partial charge is 0.185 e. The zero-order valence-electron chi connectivity index (χ0n) is 12.8. The molecule has 0 atom stereocenters. The summed E-state index contributed by atoms with van der Waals surface area (Å²) in [6, 6.07) is 11.4. The molecule has 3 nitrogen and oxygen atoms in total. The van der Waals surface area contributed by atoms with Gasteiger partial charge >= 0.3 is 0 Å². The Morgan fingerprint density at radius 3 is 2.76 bits per heavy atom. The van der Waals surface area contributed by atoms with E-state index in [9.17, 15) is 0 Å². The fourth-order valence-corrected chi connectivity index (χ4v) is 3.30. The predicted octanol–water partition coefficient (Wildman–Crippen LogP) is 3.38. The topological polar surface area (TPSA) is 28.2 Å². The molecule has 21 heavy (non-hydrogen) atoms. The molecule has 0 spiro atoms. The standard InChI is InChI=1S/C17H23N3S/c1-13-16(12-18-15-8-9-15)21-17(19-13)20(2)11-10-14-6-4-3-5-7-14/h3-7,15,18H,8-12H2,1-2H3. The van der Waals surface area contributed by atoms with Crippen LogP contribution in [0.3, 0.4) is 0 Å². The lowest BCUT2D eigenvalue weighted by Crippen LogP contribution is -2.20. The highest BCUT2D eigenvalue weighted by molar-refractivity contribution is 7.15. The Kier molecular flexibility index (Phi) is 4.56. The van der Waals surface area contributed by atoms with E-state index in [0.717, 1.165) is 30.7 Å². The number of anilines is 1. The zero-order valence-corrected chi connectivity index (χ0v) is 13.6. The van der Waals surface area contributed by atoms with Crippen LogP contribution in [0.4, 0.5) is 5.13 Å². The summed E-state index contributed by atoms with van der Waals surface area (Å²) < 4.78 is 0. The second-order valence-electron chi connectivity index (χ2n) is 5.82. The number of hydrogen-bond acceptors (Lipinski definition) is 4. The van der Waals surface area contributed by atoms with Gasteiger partial charge in [0, 0.05) is 31.1 Å². The number of nitrogens with one attached hydrogen (secondary N) is 1. The van der Waals surface area contributed by atoms with Crippen LogP contribution in [0.5, 0.6) is 0 Å². The first-order chi connectivity index (χ1) is 10.2. The minimum atomic E-state index is 0.755. The first-order valence-corrected chi connectivity index (χ1v) is 8.49. The Labute approximate surface area is 131 Å². The molecule has 1 heterocycles. The number of likely N-dealkylation sites (N-methyl/N-ethyl adjacent to an activating group) is 1. The van der Waals surface area contributed by atoms with Gasteiger partial charge in [0.15, 0.2) is 5.13 Å². The van der Waals surface area contributed by atoms with Crippen LogP contribution in [0.1, 0.15) is 29.0 Å². The maximum Gasteiger partial charge on any atom is 0.185 e. The van der Waals surface area contributed by atoms with Crippen molar-refractivity contribution < 1.29 is 0 Å². The van der Waals surface area contributed by atoms with Gasteiger partial charge < -0.3 is 10.2 Å². The molecule has 0 amide bonds. The number of aromatic nitrogens is 1. The van der Waals surface area contributed by atoms with Gasteiger partial charge in [-0.15, -0.1) is 11.3 Å². The minimum absolute atomic E-state index is 0.755. The summed E-state index contributed by atoms with van der Waals surface area (Å²) in [6.45, 7) is 4.10. The number of nitrogens with zero attached hydrogens (tertiary/aromatic N) is 2. The Morgan fingerprint density at radius 2 is 2.05 bits per heavy atom. The minimum Gasteiger partial charge on any atom is -0.351 e. The highest BCUT2D eigenvalue weighted by Crippen LogP contribution is 2.27. The van der Waals surface area contributed by atoms with Crippen molar-refractivity contribution in [2.75, 3.05) is 18.5 Å². The molecule has 112 valence electrons. The third-order valence-electron chi connectivity index (χ3n) is 3.92. The van der Waals surface area contributed by atoms with Crippen LogP contribution in [0.25, 0.3) is 0 Å². The number of thiazole rings is 1. The molecule has 0 unspecified atom stereocenters. The van der Waals surface area contributed by atoms with Crippen LogP contribution in [-0.2, 0) is 13.0 Å². The second-order valence-corrected chi connectivity index (χ2v) is 6.88. The monoisotopic (exact) mass is 301 g/mol. The molecule has 0 bridgehead atoms. The average Bonchev–Trinajstić information content (AvgIpc) is 3.26. The van der Waals surface area contributed by atoms with Crippen molar-refractivity contribution in [3.05, 3.63) is 46.5 Å². The molecular formula is C17H23N3S. The van der Waals surface area contributed by atoms with E-state index in [2.05, 4.69) is 54.5 Å². The molecule has 1 aromatic carbocycles. The van der Waals surface area contributed by atoms with Crippen LogP contribution in [0.2, 0.25) is 0 Å². The van der Waals surface area contributed by atoms with Crippen molar-refractivity contribution in [2.45, 2.75) is 38.8 Å². The SMILES string of the molecule is Cc1nc(N(C)CCc2ccccc2)sc1CNC1CC1. The van der Waals surface area contributed by atoms with E-state index in [1.807, 2.05) is 11.3 Å². The molecule has 1 saturated carbocycles. The van der Waals surface area contributed by atoms with Crippen LogP contribution in [0.15, 0.2) is 30.3 Å². The molecule has 1 aliphatic carbocycles. The van der Waals surface area contributed by atoms with Crippen molar-refractivity contribution in [2.24, 2.45) is 0 Å². The van der Waals surface area contributed by atoms with Crippen LogP contribution < -0.4 is 10.2 Å². The molecule has 3 rings (SSSR count). The Bertz CT molecular complexity index is 575. The summed E-state index contributed by atoms with van der Waals surface area (Å²) in [5.74, 6) is 0. The fraction of sp³-hybridized carbons (Fsp3) is 0.471. The fourth-order valence-electron chi connectivity index (χ4n) is 2.30. The largest absolute Gasteiger partial charge is 0.351 e. The van der Waals surface area contributed by atoms with Gasteiger partial charge in [-0.2, -0.15) is 0 Å². The zero-order chi connectivity index (χ0) is 14.7. The number of rotatable bonds is 7. The van der Waals surface area contributed by atoms with Gasteiger partial charge in [-0.1, -0.05) is 30.3 Å². The summed E-state index contributed by atoms with van der Waals surface area (Å²) in [5, 5.41) is 4.71. The summed E-state index contributed by atoms with van der Waals surface area (Å²) in [6.07, 6.45) is 3.73. The number of aryl methyl sites for hydroxylation is 1. The molecule has 1 fully saturated rings. The molecule has 0 saturated heterocycles. The van der Waals surface area contributed by atoms with E-state index < -0.39 is 0 Å². The van der Waals surface area contributed by atoms with Crippen molar-refractivity contribution in [1.82, 2.24) is 10.3 Å². The predicted molar refractivity (Wildman–Crippen MR) is 90.1 cm³/mol. The second kappa shape index (κ2) is 6.58. The quantitative estimate of drug-likeness (QED) is 0.850. The molecule has 4 heteroatoms. The molecule has 0 aliphatic heterocycles. The van der Waals surface area contributed by atoms with Gasteiger partial charge in [-0.3, -0.25) is 0 Å². The molecule has 1 aliphatic rings. The van der Waals surface area contributed by atoms with Crippen LogP contribution in [-0.4, -0.2) is 24.6 Å². The molecule has 2 aromatic rings. The van der Waals surface area contributed by atoms with Gasteiger partial charge in [0.2, 0.25) is 0 Å². The Morgan fingerprint density at radius 1 is 1.29 bits per heavy atom. The number of hydrogen-bond donors (Lipinski definition) is 1. The highest BCUT2D eigenvalue weighted by atomic mass is 32.1. The van der Waals surface area contributed by atoms with E-state index in [1.54, 1.807) is 0 Å². The average molecular weight is 301 g/mol. The molecule has 1 aromatic heterocycles. The first kappa shape index (κ1) is 14.5. The van der Waals surface area contributed by atoms with Crippen molar-refractivity contribution >= 4 is 16.5 Å².